The molecule has 15 atom stereocenters. The van der Waals surface area contributed by atoms with Gasteiger partial charge in [0.05, 0.1) is 46.7 Å². The van der Waals surface area contributed by atoms with Crippen molar-refractivity contribution in [1.82, 2.24) is 14.7 Å². The normalized spacial score (nSPS) is 39.6. The molecular formula is C72H114N6O12. The standard InChI is InChI=1S/3C24H38N2O4/c3*1-14(2)9-17-13-26-8-7-16-10-21(28-5)22(29-6)11-18(16)19(26)12-20(17)30-24(27)23(25)15(3)4/h3*10-11,14-15,17,19-20,23H,7-9,12-13,25H2,1-6H3/t3*17?,19?,20?,23-/m000/s1/i1D3,5D3,9D2,12D2,13D2,14D,17D;2*1D3,9D2,12D2,13D2,14D,17D/t3*14?,17?,19?,20?,23-. The maximum atomic E-state index is 13.2. The molecule has 18 heteroatoms. The van der Waals surface area contributed by atoms with E-state index in [9.17, 15) is 26.7 Å². The molecule has 3 aromatic rings. The number of benzene rings is 3. The number of esters is 3. The Morgan fingerprint density at radius 3 is 0.967 bits per heavy atom. The fraction of sp³-hybridized carbons (Fsp3) is 0.708. The van der Waals surface area contributed by atoms with Crippen molar-refractivity contribution in [2.24, 2.45) is 70.3 Å². The second kappa shape index (κ2) is 32.5. The van der Waals surface area contributed by atoms with Crippen molar-refractivity contribution in [3.05, 3.63) is 69.8 Å². The Morgan fingerprint density at radius 2 is 0.733 bits per heavy atom. The monoisotopic (exact) mass is 1290 g/mol. The lowest BCUT2D eigenvalue weighted by Crippen LogP contribution is -2.51. The zero-order chi connectivity index (χ0) is 97.7. The molecule has 6 heterocycles. The van der Waals surface area contributed by atoms with Crippen LogP contribution in [0.15, 0.2) is 36.4 Å². The third kappa shape index (κ3) is 17.5. The average molecular weight is 1290 g/mol. The van der Waals surface area contributed by atoms with Crippen LogP contribution in [0.2, 0.25) is 0 Å². The summed E-state index contributed by atoms with van der Waals surface area (Å²) in [5.41, 5.74) is 19.8. The Hall–Kier alpha value is -5.37. The average Bonchev–Trinajstić information content (AvgIpc) is 0.676. The minimum atomic E-state index is -3.69. The van der Waals surface area contributed by atoms with Gasteiger partial charge in [0, 0.05) is 139 Å². The summed E-state index contributed by atoms with van der Waals surface area (Å²) in [7, 11) is 3.91. The van der Waals surface area contributed by atoms with E-state index < -0.39 is 211 Å². The quantitative estimate of drug-likeness (QED) is 0.0666. The van der Waals surface area contributed by atoms with Gasteiger partial charge in [-0.1, -0.05) is 82.9 Å². The van der Waals surface area contributed by atoms with Crippen molar-refractivity contribution in [3.63, 3.8) is 0 Å². The Labute approximate surface area is 590 Å². The summed E-state index contributed by atoms with van der Waals surface area (Å²) >= 11 is 0. The molecule has 12 unspecified atom stereocenters. The number of piperidine rings is 3. The molecule has 0 aliphatic carbocycles. The first kappa shape index (κ1) is 36.9. The van der Waals surface area contributed by atoms with Gasteiger partial charge in [0.2, 0.25) is 0 Å². The van der Waals surface area contributed by atoms with E-state index in [1.807, 2.05) is 0 Å². The molecule has 6 N–H and O–H groups in total. The zero-order valence-corrected chi connectivity index (χ0v) is 53.6. The van der Waals surface area contributed by atoms with Gasteiger partial charge >= 0.3 is 17.9 Å². The third-order valence-electron chi connectivity index (χ3n) is 15.7. The molecular weight excluding hydrogens is 1140 g/mol. The Balaban J connectivity index is 0.000000260. The molecule has 3 saturated heterocycles. The van der Waals surface area contributed by atoms with E-state index in [1.165, 1.54) is 59.8 Å². The fourth-order valence-electron chi connectivity index (χ4n) is 10.5. The van der Waals surface area contributed by atoms with Crippen LogP contribution in [0.3, 0.4) is 0 Å². The first-order chi connectivity index (χ1) is 56.5. The minimum absolute atomic E-state index is 0.0536. The van der Waals surface area contributed by atoms with Crippen molar-refractivity contribution < 1.29 is 106 Å². The van der Waals surface area contributed by atoms with E-state index in [0.29, 0.717) is 49.0 Å². The van der Waals surface area contributed by atoms with Gasteiger partial charge < -0.3 is 59.8 Å². The van der Waals surface area contributed by atoms with Crippen LogP contribution in [0.5, 0.6) is 34.5 Å². The van der Waals surface area contributed by atoms with Crippen molar-refractivity contribution in [2.75, 3.05) is 81.7 Å². The second-order valence-electron chi connectivity index (χ2n) is 23.2. The highest BCUT2D eigenvalue weighted by Gasteiger charge is 2.45. The number of methoxy groups -OCH3 is 6. The number of nitrogens with two attached hydrogens (primary N) is 3. The van der Waals surface area contributed by atoms with Gasteiger partial charge in [-0.05, 0) is 144 Å². The van der Waals surface area contributed by atoms with E-state index in [-0.39, 0.29) is 78.6 Å². The predicted molar refractivity (Wildman–Crippen MR) is 353 cm³/mol. The van der Waals surface area contributed by atoms with Crippen LogP contribution in [0.25, 0.3) is 0 Å². The summed E-state index contributed by atoms with van der Waals surface area (Å²) in [5, 5.41) is 0. The number of ether oxygens (including phenoxy) is 9. The van der Waals surface area contributed by atoms with Gasteiger partial charge in [-0.2, -0.15) is 0 Å². The molecule has 0 amide bonds. The van der Waals surface area contributed by atoms with E-state index in [0.717, 1.165) is 14.7 Å². The molecule has 90 heavy (non-hydrogen) atoms. The van der Waals surface area contributed by atoms with Crippen molar-refractivity contribution in [1.29, 1.82) is 0 Å². The molecule has 0 saturated carbocycles. The summed E-state index contributed by atoms with van der Waals surface area (Å²) in [5.74, 6) is -24.5. The summed E-state index contributed by atoms with van der Waals surface area (Å²) in [6.45, 7) is -9.02. The molecule has 6 aliphatic heterocycles. The van der Waals surface area contributed by atoms with Crippen molar-refractivity contribution >= 4 is 17.9 Å². The van der Waals surface area contributed by atoms with E-state index in [4.69, 9.17) is 96.8 Å². The van der Waals surface area contributed by atoms with Crippen LogP contribution in [0, 0.1) is 53.1 Å². The van der Waals surface area contributed by atoms with Crippen LogP contribution in [0.4, 0.5) is 0 Å². The highest BCUT2D eigenvalue weighted by Crippen LogP contribution is 2.48. The molecule has 504 valence electrons. The lowest BCUT2D eigenvalue weighted by molar-refractivity contribution is -0.161. The molecule has 3 fully saturated rings. The first-order valence-electron chi connectivity index (χ1n) is 47.6. The predicted octanol–water partition coefficient (Wildman–Crippen LogP) is 10.7. The molecule has 0 spiro atoms. The Morgan fingerprint density at radius 1 is 0.478 bits per heavy atom. The maximum absolute atomic E-state index is 13.2. The number of hydrogen-bond donors (Lipinski definition) is 3. The Bertz CT molecular complexity index is 4310. The maximum Gasteiger partial charge on any atom is 0.323 e. The number of carbonyl (C=O) groups excluding carboxylic acids is 3. The van der Waals surface area contributed by atoms with Gasteiger partial charge in [-0.3, -0.25) is 29.1 Å². The minimum Gasteiger partial charge on any atom is -0.493 e. The number of carbonyl (C=O) groups is 3. The van der Waals surface area contributed by atoms with Gasteiger partial charge in [0.1, 0.15) is 36.4 Å². The van der Waals surface area contributed by atoms with E-state index >= 15 is 0 Å². The molecule has 9 rings (SSSR count). The third-order valence-corrected chi connectivity index (χ3v) is 15.7. The number of rotatable bonds is 21. The van der Waals surface area contributed by atoms with Crippen molar-refractivity contribution in [3.8, 4) is 34.5 Å². The smallest absolute Gasteiger partial charge is 0.323 e. The van der Waals surface area contributed by atoms with Crippen molar-refractivity contribution in [2.45, 2.75) is 195 Å². The molecule has 0 bridgehead atoms. The van der Waals surface area contributed by atoms with Crippen LogP contribution in [-0.2, 0) is 47.9 Å². The number of fused-ring (bicyclic) bond motifs is 9. The van der Waals surface area contributed by atoms with Gasteiger partial charge in [-0.15, -0.1) is 0 Å². The molecule has 0 aromatic heterocycles. The van der Waals surface area contributed by atoms with Crippen LogP contribution < -0.4 is 45.6 Å². The SMILES string of the molecule is [2H]C([2H])([2H])Oc1cc2c(cc1OC)C1N(CC2)C([2H])([2H])C([2H])(C([2H])([2H])C([2H])(C)C([2H])([2H])[2H])C(OC(=O)[C@@H](N)C(C)C)C1([2H])[2H].[2H]C1([2H])C2c3cc(OC)c(OC)cc3CCN2C([2H])([2H])C([2H])(C([2H])([2H])C([2H])(C)C([2H])([2H])[2H])C1OC(=O)[C@@H](N)C(C)C.[2H]C1([2H])C2c3cc(OC)c(OC)cc3CCN2C([2H])([2H])C([2H])(C([2H])([2H])C([2H])(C)C([2H])([2H])[2H])C1OC(=O)[C@@H](N)C(C)C. The van der Waals surface area contributed by atoms with Crippen LogP contribution in [-0.4, -0.2) is 151 Å². The molecule has 18 nitrogen and oxygen atoms in total. The first-order valence-corrected chi connectivity index (χ1v) is 29.6. The zero-order valence-electron chi connectivity index (χ0n) is 89.6. The van der Waals surface area contributed by atoms with Gasteiger partial charge in [0.15, 0.2) is 34.5 Å². The van der Waals surface area contributed by atoms with Crippen LogP contribution >= 0.6 is 0 Å². The summed E-state index contributed by atoms with van der Waals surface area (Å²) < 4.78 is 359. The molecule has 0 radical (unpaired) electrons. The highest BCUT2D eigenvalue weighted by molar-refractivity contribution is 5.77. The molecule has 6 aliphatic rings. The Kier molecular flexibility index (Phi) is 13.3. The highest BCUT2D eigenvalue weighted by atomic mass is 16.6. The molecule has 3 aromatic carbocycles. The fourth-order valence-corrected chi connectivity index (χ4v) is 10.5. The lowest BCUT2D eigenvalue weighted by atomic mass is 9.79. The lowest BCUT2D eigenvalue weighted by Gasteiger charge is -2.47. The number of nitrogens with zero attached hydrogens (tertiary/aromatic N) is 3. The largest absolute Gasteiger partial charge is 0.493 e. The van der Waals surface area contributed by atoms with Gasteiger partial charge in [0.25, 0.3) is 0 Å². The van der Waals surface area contributed by atoms with E-state index in [2.05, 4.69) is 0 Å². The van der Waals surface area contributed by atoms with Gasteiger partial charge in [-0.25, -0.2) is 0 Å². The summed E-state index contributed by atoms with van der Waals surface area (Å²) in [6, 6.07) is -0.136. The topological polar surface area (TPSA) is 222 Å². The second-order valence-corrected chi connectivity index (χ2v) is 23.2. The van der Waals surface area contributed by atoms with E-state index in [1.54, 1.807) is 53.7 Å². The summed E-state index contributed by atoms with van der Waals surface area (Å²) in [6.07, 6.45) is -27.2. The number of hydrogen-bond acceptors (Lipinski definition) is 18. The summed E-state index contributed by atoms with van der Waals surface area (Å²) in [4.78, 5) is 42.3. The van der Waals surface area contributed by atoms with Crippen LogP contribution in [0.1, 0.15) is 222 Å².